The normalized spacial score (nSPS) is 11.9. The van der Waals surface area contributed by atoms with Crippen LogP contribution in [0, 0.1) is 5.82 Å². The van der Waals surface area contributed by atoms with E-state index in [1.165, 1.54) is 13.2 Å². The Kier molecular flexibility index (Phi) is 5.76. The number of rotatable bonds is 7. The number of hydrogen-bond acceptors (Lipinski definition) is 5. The quantitative estimate of drug-likeness (QED) is 0.822. The second-order valence-corrected chi connectivity index (χ2v) is 5.31. The topological polar surface area (TPSA) is 57.6 Å². The van der Waals surface area contributed by atoms with Crippen LogP contribution in [0.25, 0.3) is 0 Å². The van der Waals surface area contributed by atoms with Crippen LogP contribution in [0.1, 0.15) is 18.5 Å². The van der Waals surface area contributed by atoms with Crippen molar-refractivity contribution < 1.29 is 14.2 Å². The molecule has 2 N–H and O–H groups in total. The molecule has 0 fully saturated rings. The number of aromatic nitrogens is 1. The summed E-state index contributed by atoms with van der Waals surface area (Å²) in [7, 11) is 3.34. The van der Waals surface area contributed by atoms with Crippen molar-refractivity contribution in [3.63, 3.8) is 0 Å². The van der Waals surface area contributed by atoms with Gasteiger partial charge >= 0.3 is 0 Å². The number of ether oxygens (including phenoxy) is 1. The smallest absolute Gasteiger partial charge is 0.165 e. The average Bonchev–Trinajstić information content (AvgIpc) is 2.56. The monoisotopic (exact) mass is 319 g/mol. The van der Waals surface area contributed by atoms with Gasteiger partial charge in [0.15, 0.2) is 11.6 Å². The molecule has 0 spiro atoms. The summed E-state index contributed by atoms with van der Waals surface area (Å²) in [5, 5.41) is 12.2. The molecule has 1 heterocycles. The van der Waals surface area contributed by atoms with E-state index in [4.69, 9.17) is 9.84 Å². The highest BCUT2D eigenvalue weighted by Gasteiger charge is 2.10. The zero-order valence-electron chi connectivity index (χ0n) is 13.6. The number of aliphatic hydroxyl groups excluding tert-OH is 1. The van der Waals surface area contributed by atoms with Crippen molar-refractivity contribution >= 4 is 11.5 Å². The highest BCUT2D eigenvalue weighted by Crippen LogP contribution is 2.25. The lowest BCUT2D eigenvalue weighted by Crippen LogP contribution is -2.21. The predicted molar refractivity (Wildman–Crippen MR) is 89.6 cm³/mol. The second kappa shape index (κ2) is 7.78. The van der Waals surface area contributed by atoms with Crippen LogP contribution in [0.2, 0.25) is 0 Å². The Bertz CT molecular complexity index is 634. The summed E-state index contributed by atoms with van der Waals surface area (Å²) in [6, 6.07) is 8.56. The van der Waals surface area contributed by atoms with E-state index in [-0.39, 0.29) is 24.2 Å². The summed E-state index contributed by atoms with van der Waals surface area (Å²) in [5.41, 5.74) is 1.84. The van der Waals surface area contributed by atoms with E-state index in [2.05, 4.69) is 10.3 Å². The van der Waals surface area contributed by atoms with Gasteiger partial charge in [-0.25, -0.2) is 9.37 Å². The molecule has 124 valence electrons. The van der Waals surface area contributed by atoms with Crippen LogP contribution in [0.4, 0.5) is 15.9 Å². The fourth-order valence-electron chi connectivity index (χ4n) is 2.23. The van der Waals surface area contributed by atoms with E-state index < -0.39 is 0 Å². The van der Waals surface area contributed by atoms with Crippen molar-refractivity contribution in [2.24, 2.45) is 0 Å². The number of anilines is 2. The van der Waals surface area contributed by atoms with Crippen LogP contribution in [-0.4, -0.2) is 37.4 Å². The van der Waals surface area contributed by atoms with Crippen molar-refractivity contribution in [3.05, 3.63) is 47.9 Å². The molecule has 2 aromatic rings. The molecule has 6 heteroatoms. The van der Waals surface area contributed by atoms with E-state index in [1.54, 1.807) is 18.3 Å². The molecular weight excluding hydrogens is 297 g/mol. The number of methoxy groups -OCH3 is 1. The third kappa shape index (κ3) is 4.32. The third-order valence-electron chi connectivity index (χ3n) is 3.66. The van der Waals surface area contributed by atoms with Crippen LogP contribution in [0.5, 0.6) is 5.75 Å². The second-order valence-electron chi connectivity index (χ2n) is 5.31. The van der Waals surface area contributed by atoms with Gasteiger partial charge in [0.05, 0.1) is 31.6 Å². The summed E-state index contributed by atoms with van der Waals surface area (Å²) in [5.74, 6) is 0.574. The molecule has 0 aliphatic rings. The van der Waals surface area contributed by atoms with Crippen LogP contribution in [-0.2, 0) is 0 Å². The standard InChI is InChI=1S/C17H22FN3O2/c1-12(13-4-6-15(18)16(10-13)23-3)20-17-7-5-14(11-19-17)21(2)8-9-22/h4-7,10-12,22H,8-9H2,1-3H3,(H,19,20). The van der Waals surface area contributed by atoms with Gasteiger partial charge in [0.2, 0.25) is 0 Å². The summed E-state index contributed by atoms with van der Waals surface area (Å²) in [4.78, 5) is 6.29. The lowest BCUT2D eigenvalue weighted by Gasteiger charge is -2.19. The van der Waals surface area contributed by atoms with E-state index in [0.717, 1.165) is 17.1 Å². The Morgan fingerprint density at radius 3 is 2.74 bits per heavy atom. The number of nitrogens with one attached hydrogen (secondary N) is 1. The van der Waals surface area contributed by atoms with Gasteiger partial charge in [-0.1, -0.05) is 6.07 Å². The van der Waals surface area contributed by atoms with Crippen molar-refractivity contribution in [2.75, 3.05) is 37.5 Å². The summed E-state index contributed by atoms with van der Waals surface area (Å²) in [6.45, 7) is 2.63. The largest absolute Gasteiger partial charge is 0.494 e. The average molecular weight is 319 g/mol. The highest BCUT2D eigenvalue weighted by atomic mass is 19.1. The number of likely N-dealkylation sites (N-methyl/N-ethyl adjacent to an activating group) is 1. The van der Waals surface area contributed by atoms with Crippen molar-refractivity contribution in [1.82, 2.24) is 4.98 Å². The number of benzene rings is 1. The first-order valence-corrected chi connectivity index (χ1v) is 7.43. The van der Waals surface area contributed by atoms with Gasteiger partial charge in [0.25, 0.3) is 0 Å². The molecule has 1 aromatic heterocycles. The lowest BCUT2D eigenvalue weighted by molar-refractivity contribution is 0.304. The molecular formula is C17H22FN3O2. The molecule has 0 saturated carbocycles. The minimum atomic E-state index is -0.377. The summed E-state index contributed by atoms with van der Waals surface area (Å²) >= 11 is 0. The summed E-state index contributed by atoms with van der Waals surface area (Å²) in [6.07, 6.45) is 1.75. The molecule has 5 nitrogen and oxygen atoms in total. The maximum atomic E-state index is 13.5. The Hall–Kier alpha value is -2.34. The van der Waals surface area contributed by atoms with Crippen molar-refractivity contribution in [2.45, 2.75) is 13.0 Å². The molecule has 1 aromatic carbocycles. The fraction of sp³-hybridized carbons (Fsp3) is 0.353. The van der Waals surface area contributed by atoms with Gasteiger partial charge in [-0.15, -0.1) is 0 Å². The van der Waals surface area contributed by atoms with E-state index in [1.807, 2.05) is 31.0 Å². The lowest BCUT2D eigenvalue weighted by atomic mass is 10.1. The van der Waals surface area contributed by atoms with Crippen molar-refractivity contribution in [1.29, 1.82) is 0 Å². The number of hydrogen-bond donors (Lipinski definition) is 2. The number of nitrogens with zero attached hydrogens (tertiary/aromatic N) is 2. The van der Waals surface area contributed by atoms with Gasteiger partial charge < -0.3 is 20.1 Å². The number of halogens is 1. The molecule has 0 saturated heterocycles. The number of aliphatic hydroxyl groups is 1. The molecule has 0 radical (unpaired) electrons. The van der Waals surface area contributed by atoms with E-state index in [9.17, 15) is 4.39 Å². The SMILES string of the molecule is COc1cc(C(C)Nc2ccc(N(C)CCO)cn2)ccc1F. The molecule has 0 bridgehead atoms. The van der Waals surface area contributed by atoms with E-state index in [0.29, 0.717) is 6.54 Å². The Labute approximate surface area is 135 Å². The minimum absolute atomic E-state index is 0.0435. The van der Waals surface area contributed by atoms with Crippen LogP contribution < -0.4 is 15.0 Å². The van der Waals surface area contributed by atoms with E-state index >= 15 is 0 Å². The first-order chi connectivity index (χ1) is 11.0. The van der Waals surface area contributed by atoms with Gasteiger partial charge in [-0.3, -0.25) is 0 Å². The number of pyridine rings is 1. The zero-order chi connectivity index (χ0) is 16.8. The molecule has 2 rings (SSSR count). The molecule has 1 unspecified atom stereocenters. The fourth-order valence-corrected chi connectivity index (χ4v) is 2.23. The van der Waals surface area contributed by atoms with Crippen LogP contribution >= 0.6 is 0 Å². The Balaban J connectivity index is 2.06. The molecule has 0 amide bonds. The molecule has 0 aliphatic heterocycles. The third-order valence-corrected chi connectivity index (χ3v) is 3.66. The van der Waals surface area contributed by atoms with Crippen LogP contribution in [0.3, 0.4) is 0 Å². The predicted octanol–water partition coefficient (Wildman–Crippen LogP) is 2.83. The van der Waals surface area contributed by atoms with Gasteiger partial charge in [0.1, 0.15) is 5.82 Å². The highest BCUT2D eigenvalue weighted by molar-refractivity contribution is 5.49. The summed E-state index contributed by atoms with van der Waals surface area (Å²) < 4.78 is 18.5. The van der Waals surface area contributed by atoms with Gasteiger partial charge in [-0.2, -0.15) is 0 Å². The van der Waals surface area contributed by atoms with Gasteiger partial charge in [0, 0.05) is 13.6 Å². The Morgan fingerprint density at radius 1 is 1.35 bits per heavy atom. The van der Waals surface area contributed by atoms with Crippen molar-refractivity contribution in [3.8, 4) is 5.75 Å². The first kappa shape index (κ1) is 17.0. The van der Waals surface area contributed by atoms with Crippen LogP contribution in [0.15, 0.2) is 36.5 Å². The molecule has 1 atom stereocenters. The molecule has 23 heavy (non-hydrogen) atoms. The van der Waals surface area contributed by atoms with Gasteiger partial charge in [-0.05, 0) is 36.8 Å². The molecule has 0 aliphatic carbocycles. The maximum Gasteiger partial charge on any atom is 0.165 e. The minimum Gasteiger partial charge on any atom is -0.494 e. The zero-order valence-corrected chi connectivity index (χ0v) is 13.6. The maximum absolute atomic E-state index is 13.5. The first-order valence-electron chi connectivity index (χ1n) is 7.43. The Morgan fingerprint density at radius 2 is 2.13 bits per heavy atom.